The second-order valence-corrected chi connectivity index (χ2v) is 24.1. The van der Waals surface area contributed by atoms with Gasteiger partial charge in [0.1, 0.15) is 32.9 Å². The summed E-state index contributed by atoms with van der Waals surface area (Å²) in [5.74, 6) is 2.33. The summed E-state index contributed by atoms with van der Waals surface area (Å²) in [6.45, 7) is 11.3. The summed E-state index contributed by atoms with van der Waals surface area (Å²) in [5, 5.41) is 21.3. The molecule has 0 spiro atoms. The molecule has 0 radical (unpaired) electrons. The van der Waals surface area contributed by atoms with Crippen molar-refractivity contribution in [2.75, 3.05) is 64.5 Å². The van der Waals surface area contributed by atoms with Crippen LogP contribution in [0.5, 0.6) is 0 Å². The SMILES string of the molecule is CCCCCCCCCCCCOCOC1CCC(O)[SiH2]N(CCCSSCCCN2CCC(OCOCCCCCCCCCCCC)CCC(O)[SiH2]2)CC1. The molecule has 0 aromatic rings. The topological polar surface area (TPSA) is 83.9 Å². The predicted molar refractivity (Wildman–Crippen MR) is 249 cm³/mol. The number of hydrogen-bond donors (Lipinski definition) is 2. The highest BCUT2D eigenvalue weighted by molar-refractivity contribution is 8.76. The lowest BCUT2D eigenvalue weighted by atomic mass is 10.1. The van der Waals surface area contributed by atoms with Crippen LogP contribution in [-0.2, 0) is 18.9 Å². The zero-order chi connectivity index (χ0) is 40.0. The van der Waals surface area contributed by atoms with Gasteiger partial charge in [0, 0.05) is 24.7 Å². The number of aliphatic hydroxyl groups is 2. The van der Waals surface area contributed by atoms with Gasteiger partial charge in [-0.1, -0.05) is 151 Å². The van der Waals surface area contributed by atoms with E-state index in [2.05, 4.69) is 23.0 Å². The summed E-state index contributed by atoms with van der Waals surface area (Å²) in [5.41, 5.74) is -0.258. The second kappa shape index (κ2) is 39.9. The third-order valence-corrected chi connectivity index (χ3v) is 18.2. The number of hydrogen-bond acceptors (Lipinski definition) is 10. The van der Waals surface area contributed by atoms with E-state index in [4.69, 9.17) is 18.9 Å². The van der Waals surface area contributed by atoms with Gasteiger partial charge in [0.05, 0.1) is 23.7 Å². The maximum Gasteiger partial charge on any atom is 0.147 e. The Hall–Kier alpha value is 0.814. The smallest absolute Gasteiger partial charge is 0.147 e. The monoisotopic (exact) mass is 865 g/mol. The van der Waals surface area contributed by atoms with Gasteiger partial charge in [0.2, 0.25) is 0 Å². The molecule has 4 unspecified atom stereocenters. The highest BCUT2D eigenvalue weighted by Gasteiger charge is 2.22. The first-order valence-electron chi connectivity index (χ1n) is 24.0. The molecular formula is C44H92N2O6S2Si2. The van der Waals surface area contributed by atoms with Crippen molar-refractivity contribution in [3.8, 4) is 0 Å². The Bertz CT molecular complexity index is 767. The van der Waals surface area contributed by atoms with Crippen molar-refractivity contribution in [2.24, 2.45) is 0 Å². The quantitative estimate of drug-likeness (QED) is 0.0273. The Labute approximate surface area is 359 Å². The summed E-state index contributed by atoms with van der Waals surface area (Å²) in [6, 6.07) is 0. The highest BCUT2D eigenvalue weighted by atomic mass is 33.1. The molecule has 334 valence electrons. The molecule has 12 heteroatoms. The van der Waals surface area contributed by atoms with E-state index in [1.54, 1.807) is 0 Å². The van der Waals surface area contributed by atoms with Crippen LogP contribution in [0.3, 0.4) is 0 Å². The van der Waals surface area contributed by atoms with E-state index in [0.717, 1.165) is 102 Å². The van der Waals surface area contributed by atoms with E-state index < -0.39 is 19.4 Å². The molecule has 2 N–H and O–H groups in total. The minimum Gasteiger partial charge on any atom is -0.396 e. The molecule has 4 atom stereocenters. The standard InChI is InChI=1S/C44H92N2O6S2Si2/c1-3-5-7-9-11-13-15-17-19-21-35-49-39-51-41-25-27-43(47)55-45(33-29-41)31-23-37-53-54-38-24-32-46-34-30-42(26-28-44(48)56-46)52-40-50-36-22-20-18-16-14-12-10-8-6-4-2/h41-44,47-48H,3-40,55-56H2,1-2H3. The molecule has 0 aliphatic carbocycles. The molecule has 2 aliphatic heterocycles. The summed E-state index contributed by atoms with van der Waals surface area (Å²) in [7, 11) is 2.78. The summed E-state index contributed by atoms with van der Waals surface area (Å²) in [4.78, 5) is 0. The zero-order valence-electron chi connectivity index (χ0n) is 36.8. The Balaban J connectivity index is 1.42. The number of unbranched alkanes of at least 4 members (excludes halogenated alkanes) is 18. The lowest BCUT2D eigenvalue weighted by Crippen LogP contribution is -2.41. The van der Waals surface area contributed by atoms with Gasteiger partial charge in [-0.05, 0) is 90.4 Å². The number of ether oxygens (including phenoxy) is 4. The van der Waals surface area contributed by atoms with Crippen molar-refractivity contribution in [1.82, 2.24) is 9.13 Å². The molecule has 0 aromatic carbocycles. The van der Waals surface area contributed by atoms with Gasteiger partial charge < -0.3 is 38.3 Å². The van der Waals surface area contributed by atoms with Crippen LogP contribution < -0.4 is 0 Å². The normalized spacial score (nSPS) is 22.7. The van der Waals surface area contributed by atoms with Crippen molar-refractivity contribution in [3.63, 3.8) is 0 Å². The molecule has 2 rings (SSSR count). The molecule has 0 aromatic heterocycles. The first-order valence-corrected chi connectivity index (χ1v) is 29.4. The van der Waals surface area contributed by atoms with E-state index in [9.17, 15) is 10.2 Å². The summed E-state index contributed by atoms with van der Waals surface area (Å²) >= 11 is 0. The van der Waals surface area contributed by atoms with Gasteiger partial charge in [0.15, 0.2) is 0 Å². The Morgan fingerprint density at radius 3 is 1.20 bits per heavy atom. The number of rotatable bonds is 37. The van der Waals surface area contributed by atoms with E-state index in [0.29, 0.717) is 13.6 Å². The lowest BCUT2D eigenvalue weighted by Gasteiger charge is -2.30. The van der Waals surface area contributed by atoms with Gasteiger partial charge in [0.25, 0.3) is 0 Å². The first-order chi connectivity index (χ1) is 27.6. The minimum atomic E-state index is -0.618. The Morgan fingerprint density at radius 2 is 0.821 bits per heavy atom. The molecule has 8 nitrogen and oxygen atoms in total. The van der Waals surface area contributed by atoms with Crippen LogP contribution in [0, 0.1) is 0 Å². The average Bonchev–Trinajstić information content (AvgIpc) is 3.18. The van der Waals surface area contributed by atoms with E-state index >= 15 is 0 Å². The minimum absolute atomic E-state index is 0.129. The Morgan fingerprint density at radius 1 is 0.464 bits per heavy atom. The van der Waals surface area contributed by atoms with Crippen LogP contribution in [-0.4, -0.2) is 127 Å². The number of aliphatic hydroxyl groups excluding tert-OH is 2. The van der Waals surface area contributed by atoms with Gasteiger partial charge in [-0.3, -0.25) is 0 Å². The fourth-order valence-electron chi connectivity index (χ4n) is 8.00. The largest absolute Gasteiger partial charge is 0.396 e. The van der Waals surface area contributed by atoms with Crippen molar-refractivity contribution in [2.45, 2.75) is 217 Å². The van der Waals surface area contributed by atoms with Crippen LogP contribution in [0.4, 0.5) is 0 Å². The van der Waals surface area contributed by atoms with Gasteiger partial charge in [-0.2, -0.15) is 0 Å². The molecule has 56 heavy (non-hydrogen) atoms. The van der Waals surface area contributed by atoms with Crippen LogP contribution in [0.1, 0.15) is 194 Å². The molecule has 0 amide bonds. The van der Waals surface area contributed by atoms with E-state index in [-0.39, 0.29) is 23.7 Å². The first kappa shape index (κ1) is 53.0. The second-order valence-electron chi connectivity index (χ2n) is 17.0. The highest BCUT2D eigenvalue weighted by Crippen LogP contribution is 2.24. The maximum absolute atomic E-state index is 10.7. The van der Waals surface area contributed by atoms with Crippen LogP contribution >= 0.6 is 21.6 Å². The predicted octanol–water partition coefficient (Wildman–Crippen LogP) is 9.48. The molecule has 0 bridgehead atoms. The molecule has 2 fully saturated rings. The van der Waals surface area contributed by atoms with Crippen molar-refractivity contribution in [3.05, 3.63) is 0 Å². The lowest BCUT2D eigenvalue weighted by molar-refractivity contribution is -0.0975. The van der Waals surface area contributed by atoms with Gasteiger partial charge in [-0.15, -0.1) is 0 Å². The van der Waals surface area contributed by atoms with Gasteiger partial charge in [-0.25, -0.2) is 0 Å². The maximum atomic E-state index is 10.7. The Kier molecular flexibility index (Phi) is 37.7. The van der Waals surface area contributed by atoms with Crippen LogP contribution in [0.2, 0.25) is 0 Å². The zero-order valence-corrected chi connectivity index (χ0v) is 41.3. The van der Waals surface area contributed by atoms with Crippen molar-refractivity contribution >= 4 is 41.0 Å². The fraction of sp³-hybridized carbons (Fsp3) is 1.00. The van der Waals surface area contributed by atoms with Crippen LogP contribution in [0.15, 0.2) is 0 Å². The van der Waals surface area contributed by atoms with E-state index in [1.807, 2.05) is 21.6 Å². The third kappa shape index (κ3) is 32.6. The molecule has 0 saturated carbocycles. The van der Waals surface area contributed by atoms with Gasteiger partial charge >= 0.3 is 0 Å². The molecular weight excluding hydrogens is 773 g/mol. The third-order valence-electron chi connectivity index (χ3n) is 11.7. The average molecular weight is 866 g/mol. The van der Waals surface area contributed by atoms with Crippen LogP contribution in [0.25, 0.3) is 0 Å². The fourth-order valence-corrected chi connectivity index (χ4v) is 13.7. The van der Waals surface area contributed by atoms with E-state index in [1.165, 1.54) is 128 Å². The number of nitrogens with zero attached hydrogens (tertiary/aromatic N) is 2. The molecule has 2 heterocycles. The summed E-state index contributed by atoms with van der Waals surface area (Å²) in [6.07, 6.45) is 35.4. The molecule has 2 saturated heterocycles. The van der Waals surface area contributed by atoms with Crippen molar-refractivity contribution < 1.29 is 29.2 Å². The summed E-state index contributed by atoms with van der Waals surface area (Å²) < 4.78 is 29.1. The van der Waals surface area contributed by atoms with Crippen molar-refractivity contribution in [1.29, 1.82) is 0 Å². The molecule has 2 aliphatic rings.